The molecule has 0 unspecified atom stereocenters. The minimum atomic E-state index is -0.537. The van der Waals surface area contributed by atoms with Crippen molar-refractivity contribution in [2.45, 2.75) is 0 Å². The van der Waals surface area contributed by atoms with E-state index in [2.05, 4.69) is 10.5 Å². The van der Waals surface area contributed by atoms with Crippen LogP contribution in [0.3, 0.4) is 0 Å². The maximum atomic E-state index is 12.4. The van der Waals surface area contributed by atoms with Crippen LogP contribution in [0, 0.1) is 0 Å². The van der Waals surface area contributed by atoms with Crippen LogP contribution >= 0.6 is 11.6 Å². The van der Waals surface area contributed by atoms with Crippen LogP contribution in [0.4, 0.5) is 0 Å². The van der Waals surface area contributed by atoms with Gasteiger partial charge >= 0.3 is 5.97 Å². The standard InChI is InChI=1S/C24H21ClN2O6/c1-30-21-12-5-17(13-22(21)31-2)24(29)33-20-8-3-16(4-9-20)14-26-27-23(28)15-32-19-10-6-18(25)7-11-19/h3-14H,15H2,1-2H3,(H,27,28). The molecule has 8 nitrogen and oxygen atoms in total. The predicted octanol–water partition coefficient (Wildman–Crippen LogP) is 4.11. The first kappa shape index (κ1) is 23.6. The Morgan fingerprint density at radius 3 is 2.24 bits per heavy atom. The fourth-order valence-electron chi connectivity index (χ4n) is 2.64. The van der Waals surface area contributed by atoms with E-state index < -0.39 is 11.9 Å². The van der Waals surface area contributed by atoms with E-state index in [9.17, 15) is 9.59 Å². The lowest BCUT2D eigenvalue weighted by molar-refractivity contribution is -0.123. The Morgan fingerprint density at radius 1 is 0.909 bits per heavy atom. The Kier molecular flexibility index (Phi) is 8.26. The van der Waals surface area contributed by atoms with Gasteiger partial charge < -0.3 is 18.9 Å². The van der Waals surface area contributed by atoms with Crippen molar-refractivity contribution >= 4 is 29.7 Å². The Hall–Kier alpha value is -4.04. The van der Waals surface area contributed by atoms with E-state index in [0.29, 0.717) is 39.1 Å². The second-order valence-electron chi connectivity index (χ2n) is 6.56. The fourth-order valence-corrected chi connectivity index (χ4v) is 2.77. The minimum absolute atomic E-state index is 0.190. The number of carbonyl (C=O) groups excluding carboxylic acids is 2. The van der Waals surface area contributed by atoms with E-state index in [1.165, 1.54) is 20.4 Å². The van der Waals surface area contributed by atoms with Gasteiger partial charge in [0.15, 0.2) is 18.1 Å². The zero-order valence-corrected chi connectivity index (χ0v) is 18.7. The number of methoxy groups -OCH3 is 2. The highest BCUT2D eigenvalue weighted by atomic mass is 35.5. The first-order chi connectivity index (χ1) is 16.0. The van der Waals surface area contributed by atoms with E-state index in [0.717, 1.165) is 0 Å². The van der Waals surface area contributed by atoms with Crippen LogP contribution < -0.4 is 24.4 Å². The summed E-state index contributed by atoms with van der Waals surface area (Å²) in [4.78, 5) is 24.2. The fraction of sp³-hybridized carbons (Fsp3) is 0.125. The molecule has 0 radical (unpaired) electrons. The Morgan fingerprint density at radius 2 is 1.58 bits per heavy atom. The number of nitrogens with one attached hydrogen (secondary N) is 1. The quantitative estimate of drug-likeness (QED) is 0.220. The molecule has 0 fully saturated rings. The maximum Gasteiger partial charge on any atom is 0.343 e. The van der Waals surface area contributed by atoms with E-state index in [-0.39, 0.29) is 6.61 Å². The third kappa shape index (κ3) is 6.98. The molecular weight excluding hydrogens is 448 g/mol. The molecule has 0 heterocycles. The summed E-state index contributed by atoms with van der Waals surface area (Å²) in [7, 11) is 3.00. The first-order valence-electron chi connectivity index (χ1n) is 9.73. The van der Waals surface area contributed by atoms with Crippen LogP contribution in [0.5, 0.6) is 23.0 Å². The maximum absolute atomic E-state index is 12.4. The third-order valence-corrected chi connectivity index (χ3v) is 4.55. The number of amides is 1. The van der Waals surface area contributed by atoms with E-state index in [4.69, 9.17) is 30.5 Å². The molecule has 1 N–H and O–H groups in total. The Bertz CT molecular complexity index is 1130. The zero-order valence-electron chi connectivity index (χ0n) is 17.9. The average Bonchev–Trinajstić information content (AvgIpc) is 2.84. The SMILES string of the molecule is COc1ccc(C(=O)Oc2ccc(C=NNC(=O)COc3ccc(Cl)cc3)cc2)cc1OC. The van der Waals surface area contributed by atoms with Crippen LogP contribution in [0.1, 0.15) is 15.9 Å². The molecule has 0 aliphatic carbocycles. The molecular formula is C24H21ClN2O6. The second-order valence-corrected chi connectivity index (χ2v) is 7.00. The summed E-state index contributed by atoms with van der Waals surface area (Å²) in [6.45, 7) is -0.190. The van der Waals surface area contributed by atoms with E-state index >= 15 is 0 Å². The topological polar surface area (TPSA) is 95.5 Å². The van der Waals surface area contributed by atoms with Crippen molar-refractivity contribution in [2.24, 2.45) is 5.10 Å². The van der Waals surface area contributed by atoms with Crippen molar-refractivity contribution in [1.29, 1.82) is 0 Å². The van der Waals surface area contributed by atoms with E-state index in [1.807, 2.05) is 0 Å². The van der Waals surface area contributed by atoms with Gasteiger partial charge in [0.25, 0.3) is 5.91 Å². The first-order valence-corrected chi connectivity index (χ1v) is 10.1. The van der Waals surface area contributed by atoms with Crippen LogP contribution in [0.25, 0.3) is 0 Å². The zero-order chi connectivity index (χ0) is 23.6. The molecule has 0 aromatic heterocycles. The van der Waals surface area contributed by atoms with Crippen molar-refractivity contribution in [3.63, 3.8) is 0 Å². The minimum Gasteiger partial charge on any atom is -0.493 e. The van der Waals surface area contributed by atoms with Gasteiger partial charge in [-0.15, -0.1) is 0 Å². The number of hydrogen-bond donors (Lipinski definition) is 1. The summed E-state index contributed by atoms with van der Waals surface area (Å²) >= 11 is 5.80. The smallest absolute Gasteiger partial charge is 0.343 e. The summed E-state index contributed by atoms with van der Waals surface area (Å²) in [6.07, 6.45) is 1.46. The number of carbonyl (C=O) groups is 2. The number of nitrogens with zero attached hydrogens (tertiary/aromatic N) is 1. The Balaban J connectivity index is 1.49. The van der Waals surface area contributed by atoms with Gasteiger partial charge in [0.1, 0.15) is 11.5 Å². The number of halogens is 1. The monoisotopic (exact) mass is 468 g/mol. The molecule has 0 saturated heterocycles. The Labute approximate surface area is 195 Å². The van der Waals surface area contributed by atoms with Crippen molar-refractivity contribution < 1.29 is 28.5 Å². The summed E-state index contributed by atoms with van der Waals surface area (Å²) in [6, 6.07) is 18.0. The van der Waals surface area contributed by atoms with Crippen LogP contribution in [0.15, 0.2) is 71.8 Å². The lowest BCUT2D eigenvalue weighted by Gasteiger charge is -2.09. The van der Waals surface area contributed by atoms with Gasteiger partial charge in [-0.3, -0.25) is 4.79 Å². The van der Waals surface area contributed by atoms with Gasteiger partial charge in [-0.05, 0) is 72.3 Å². The molecule has 33 heavy (non-hydrogen) atoms. The van der Waals surface area contributed by atoms with Crippen molar-refractivity contribution in [3.8, 4) is 23.0 Å². The number of hydrogen-bond acceptors (Lipinski definition) is 7. The predicted molar refractivity (Wildman–Crippen MR) is 124 cm³/mol. The molecule has 0 atom stereocenters. The number of esters is 1. The molecule has 3 rings (SSSR count). The normalized spacial score (nSPS) is 10.5. The van der Waals surface area contributed by atoms with Gasteiger partial charge in [-0.1, -0.05) is 11.6 Å². The van der Waals surface area contributed by atoms with Crippen LogP contribution in [-0.2, 0) is 4.79 Å². The van der Waals surface area contributed by atoms with Crippen LogP contribution in [0.2, 0.25) is 5.02 Å². The highest BCUT2D eigenvalue weighted by molar-refractivity contribution is 6.30. The molecule has 1 amide bonds. The number of ether oxygens (including phenoxy) is 4. The van der Waals surface area contributed by atoms with Gasteiger partial charge in [0.05, 0.1) is 26.0 Å². The molecule has 0 saturated carbocycles. The lowest BCUT2D eigenvalue weighted by Crippen LogP contribution is -2.24. The summed E-state index contributed by atoms with van der Waals surface area (Å²) in [5, 5.41) is 4.46. The molecule has 0 spiro atoms. The largest absolute Gasteiger partial charge is 0.493 e. The highest BCUT2D eigenvalue weighted by Gasteiger charge is 2.13. The summed E-state index contributed by atoms with van der Waals surface area (Å²) in [5.74, 6) is 0.872. The molecule has 3 aromatic rings. The number of hydrazone groups is 1. The second kappa shape index (κ2) is 11.5. The molecule has 0 bridgehead atoms. The van der Waals surface area contributed by atoms with Crippen molar-refractivity contribution in [2.75, 3.05) is 20.8 Å². The summed E-state index contributed by atoms with van der Waals surface area (Å²) < 4.78 is 21.1. The molecule has 3 aromatic carbocycles. The molecule has 170 valence electrons. The van der Waals surface area contributed by atoms with Gasteiger partial charge in [0.2, 0.25) is 0 Å². The van der Waals surface area contributed by atoms with Gasteiger partial charge in [-0.2, -0.15) is 5.10 Å². The number of benzene rings is 3. The van der Waals surface area contributed by atoms with E-state index in [1.54, 1.807) is 66.7 Å². The molecule has 0 aliphatic heterocycles. The van der Waals surface area contributed by atoms with Crippen LogP contribution in [-0.4, -0.2) is 38.9 Å². The summed E-state index contributed by atoms with van der Waals surface area (Å²) in [5.41, 5.74) is 3.39. The number of rotatable bonds is 9. The van der Waals surface area contributed by atoms with Crippen molar-refractivity contribution in [3.05, 3.63) is 82.9 Å². The van der Waals surface area contributed by atoms with Crippen molar-refractivity contribution in [1.82, 2.24) is 5.43 Å². The van der Waals surface area contributed by atoms with Gasteiger partial charge in [-0.25, -0.2) is 10.2 Å². The lowest BCUT2D eigenvalue weighted by atomic mass is 10.2. The third-order valence-electron chi connectivity index (χ3n) is 4.30. The highest BCUT2D eigenvalue weighted by Crippen LogP contribution is 2.28. The van der Waals surface area contributed by atoms with Gasteiger partial charge in [0, 0.05) is 5.02 Å². The molecule has 9 heteroatoms. The molecule has 0 aliphatic rings. The average molecular weight is 469 g/mol.